The third-order valence-corrected chi connectivity index (χ3v) is 4.51. The molecule has 0 N–H and O–H groups in total. The summed E-state index contributed by atoms with van der Waals surface area (Å²) in [4.78, 5) is 12.0. The van der Waals surface area contributed by atoms with Crippen molar-refractivity contribution in [1.29, 1.82) is 5.26 Å². The normalized spacial score (nSPS) is 12.3. The molecule has 4 nitrogen and oxygen atoms in total. The fourth-order valence-electron chi connectivity index (χ4n) is 2.93. The number of nitriles is 1. The summed E-state index contributed by atoms with van der Waals surface area (Å²) in [6.07, 6.45) is 2.21. The third kappa shape index (κ3) is 8.04. The quantitative estimate of drug-likeness (QED) is 0.376. The minimum atomic E-state index is -0.439. The van der Waals surface area contributed by atoms with Crippen molar-refractivity contribution < 1.29 is 14.3 Å². The molecule has 0 spiro atoms. The van der Waals surface area contributed by atoms with Crippen LogP contribution in [0.1, 0.15) is 49.0 Å². The van der Waals surface area contributed by atoms with Crippen molar-refractivity contribution in [2.75, 3.05) is 13.2 Å². The lowest BCUT2D eigenvalue weighted by Gasteiger charge is -2.24. The number of carbonyl (C=O) groups is 1. The summed E-state index contributed by atoms with van der Waals surface area (Å²) in [5.74, 6) is -0.0110. The number of benzene rings is 2. The van der Waals surface area contributed by atoms with E-state index in [1.165, 1.54) is 0 Å². The average Bonchev–Trinajstić information content (AvgIpc) is 2.72. The van der Waals surface area contributed by atoms with Crippen molar-refractivity contribution in [3.05, 3.63) is 71.8 Å². The van der Waals surface area contributed by atoms with Gasteiger partial charge in [0.15, 0.2) is 5.78 Å². The molecule has 2 aromatic carbocycles. The van der Waals surface area contributed by atoms with Crippen molar-refractivity contribution >= 4 is 5.78 Å². The third-order valence-electron chi connectivity index (χ3n) is 4.51. The van der Waals surface area contributed by atoms with Crippen molar-refractivity contribution in [3.8, 4) is 6.07 Å². The van der Waals surface area contributed by atoms with E-state index >= 15 is 0 Å². The van der Waals surface area contributed by atoms with Crippen LogP contribution >= 0.6 is 0 Å². The highest BCUT2D eigenvalue weighted by Gasteiger charge is 2.23. The fraction of sp³-hybridized carbons (Fsp3) is 0.417. The van der Waals surface area contributed by atoms with Crippen LogP contribution in [0, 0.1) is 16.7 Å². The lowest BCUT2D eigenvalue weighted by Crippen LogP contribution is -2.23. The van der Waals surface area contributed by atoms with Crippen LogP contribution in [-0.4, -0.2) is 25.1 Å². The highest BCUT2D eigenvalue weighted by molar-refractivity contribution is 5.96. The summed E-state index contributed by atoms with van der Waals surface area (Å²) in [5.41, 5.74) is 1.35. The summed E-state index contributed by atoms with van der Waals surface area (Å²) < 4.78 is 11.6. The molecule has 28 heavy (non-hydrogen) atoms. The minimum absolute atomic E-state index is 0.0110. The Bertz CT molecular complexity index is 750. The summed E-state index contributed by atoms with van der Waals surface area (Å²) >= 11 is 0. The number of hydrogen-bond acceptors (Lipinski definition) is 4. The van der Waals surface area contributed by atoms with E-state index in [2.05, 4.69) is 6.07 Å². The Morgan fingerprint density at radius 3 is 2.36 bits per heavy atom. The van der Waals surface area contributed by atoms with Gasteiger partial charge < -0.3 is 9.47 Å². The van der Waals surface area contributed by atoms with Gasteiger partial charge in [-0.3, -0.25) is 4.79 Å². The topological polar surface area (TPSA) is 59.3 Å². The zero-order chi connectivity index (χ0) is 20.2. The second kappa shape index (κ2) is 11.4. The van der Waals surface area contributed by atoms with Gasteiger partial charge in [-0.1, -0.05) is 60.7 Å². The highest BCUT2D eigenvalue weighted by Crippen LogP contribution is 2.25. The van der Waals surface area contributed by atoms with Gasteiger partial charge in [-0.05, 0) is 38.7 Å². The number of ketones is 1. The molecular formula is C24H29NO3. The molecule has 0 fully saturated rings. The first-order valence-corrected chi connectivity index (χ1v) is 9.73. The van der Waals surface area contributed by atoms with Crippen LogP contribution in [0.4, 0.5) is 0 Å². The maximum atomic E-state index is 12.0. The smallest absolute Gasteiger partial charge is 0.188 e. The van der Waals surface area contributed by atoms with Crippen molar-refractivity contribution in [2.45, 2.75) is 45.8 Å². The lowest BCUT2D eigenvalue weighted by atomic mass is 9.87. The van der Waals surface area contributed by atoms with Crippen LogP contribution in [0.3, 0.4) is 0 Å². The van der Waals surface area contributed by atoms with Gasteiger partial charge in [0.1, 0.15) is 6.61 Å². The van der Waals surface area contributed by atoms with Crippen LogP contribution in [-0.2, 0) is 16.1 Å². The molecule has 0 aliphatic rings. The largest absolute Gasteiger partial charge is 0.373 e. The molecule has 2 rings (SSSR count). The number of rotatable bonds is 12. The Kier molecular flexibility index (Phi) is 8.87. The summed E-state index contributed by atoms with van der Waals surface area (Å²) in [6, 6.07) is 21.5. The van der Waals surface area contributed by atoms with E-state index in [-0.39, 0.29) is 18.5 Å². The van der Waals surface area contributed by atoms with E-state index in [1.807, 2.05) is 62.4 Å². The second-order valence-electron chi connectivity index (χ2n) is 7.60. The SMILES string of the molecule is CC(C)(C#N)CC(CCCOCC(=O)c1ccccc1)OCc1ccccc1. The van der Waals surface area contributed by atoms with Gasteiger partial charge in [0.2, 0.25) is 0 Å². The molecule has 1 atom stereocenters. The minimum Gasteiger partial charge on any atom is -0.373 e. The predicted octanol–water partition coefficient (Wildman–Crippen LogP) is 5.19. The van der Waals surface area contributed by atoms with E-state index in [9.17, 15) is 10.1 Å². The highest BCUT2D eigenvalue weighted by atomic mass is 16.5. The van der Waals surface area contributed by atoms with Crippen molar-refractivity contribution in [3.63, 3.8) is 0 Å². The fourth-order valence-corrected chi connectivity index (χ4v) is 2.93. The first-order chi connectivity index (χ1) is 13.5. The molecule has 4 heteroatoms. The lowest BCUT2D eigenvalue weighted by molar-refractivity contribution is 0.00777. The molecule has 0 saturated heterocycles. The standard InChI is InChI=1S/C24H29NO3/c1-24(2,19-25)16-22(28-17-20-10-5-3-6-11-20)14-9-15-27-18-23(26)21-12-7-4-8-13-21/h3-8,10-13,22H,9,14-18H2,1-2H3. The first kappa shape index (κ1) is 21.8. The number of nitrogens with zero attached hydrogens (tertiary/aromatic N) is 1. The predicted molar refractivity (Wildman–Crippen MR) is 110 cm³/mol. The number of hydrogen-bond donors (Lipinski definition) is 0. The van der Waals surface area contributed by atoms with Gasteiger partial charge >= 0.3 is 0 Å². The zero-order valence-electron chi connectivity index (χ0n) is 16.8. The molecule has 0 aliphatic heterocycles. The van der Waals surface area contributed by atoms with E-state index in [0.29, 0.717) is 25.2 Å². The monoisotopic (exact) mass is 379 g/mol. The van der Waals surface area contributed by atoms with Gasteiger partial charge in [-0.15, -0.1) is 0 Å². The van der Waals surface area contributed by atoms with Gasteiger partial charge in [0.05, 0.1) is 24.2 Å². The Hall–Kier alpha value is -2.48. The molecule has 2 aromatic rings. The van der Waals surface area contributed by atoms with Crippen LogP contribution in [0.15, 0.2) is 60.7 Å². The molecule has 1 unspecified atom stereocenters. The number of ether oxygens (including phenoxy) is 2. The molecule has 0 bridgehead atoms. The average molecular weight is 380 g/mol. The molecule has 0 radical (unpaired) electrons. The summed E-state index contributed by atoms with van der Waals surface area (Å²) in [5, 5.41) is 9.34. The molecule has 0 amide bonds. The van der Waals surface area contributed by atoms with Crippen LogP contribution in [0.5, 0.6) is 0 Å². The maximum Gasteiger partial charge on any atom is 0.188 e. The van der Waals surface area contributed by atoms with Crippen molar-refractivity contribution in [2.24, 2.45) is 5.41 Å². The van der Waals surface area contributed by atoms with Crippen LogP contribution < -0.4 is 0 Å². The van der Waals surface area contributed by atoms with Crippen LogP contribution in [0.25, 0.3) is 0 Å². The molecule has 0 saturated carbocycles. The van der Waals surface area contributed by atoms with E-state index < -0.39 is 5.41 Å². The Labute approximate surface area is 168 Å². The van der Waals surface area contributed by atoms with E-state index in [4.69, 9.17) is 9.47 Å². The molecule has 0 aromatic heterocycles. The van der Waals surface area contributed by atoms with Gasteiger partial charge in [0, 0.05) is 12.2 Å². The van der Waals surface area contributed by atoms with Crippen LogP contribution in [0.2, 0.25) is 0 Å². The van der Waals surface area contributed by atoms with Crippen molar-refractivity contribution in [1.82, 2.24) is 0 Å². The first-order valence-electron chi connectivity index (χ1n) is 9.73. The molecular weight excluding hydrogens is 350 g/mol. The number of Topliss-reactive ketones (excluding diaryl/α,β-unsaturated/α-hetero) is 1. The van der Waals surface area contributed by atoms with Gasteiger partial charge in [-0.25, -0.2) is 0 Å². The number of carbonyl (C=O) groups excluding carboxylic acids is 1. The Morgan fingerprint density at radius 1 is 1.07 bits per heavy atom. The van der Waals surface area contributed by atoms with Gasteiger partial charge in [0.25, 0.3) is 0 Å². The summed E-state index contributed by atoms with van der Waals surface area (Å²) in [6.45, 7) is 4.97. The molecule has 148 valence electrons. The molecule has 0 heterocycles. The zero-order valence-corrected chi connectivity index (χ0v) is 16.8. The summed E-state index contributed by atoms with van der Waals surface area (Å²) in [7, 11) is 0. The second-order valence-corrected chi connectivity index (χ2v) is 7.60. The van der Waals surface area contributed by atoms with E-state index in [0.717, 1.165) is 18.4 Å². The van der Waals surface area contributed by atoms with E-state index in [1.54, 1.807) is 12.1 Å². The van der Waals surface area contributed by atoms with Gasteiger partial charge in [-0.2, -0.15) is 5.26 Å². The molecule has 0 aliphatic carbocycles. The Balaban J connectivity index is 1.76. The maximum absolute atomic E-state index is 12.0. The Morgan fingerprint density at radius 2 is 1.71 bits per heavy atom.